The molecule has 3 N–H and O–H groups in total. The van der Waals surface area contributed by atoms with E-state index in [1.165, 1.54) is 0 Å². The highest BCUT2D eigenvalue weighted by Crippen LogP contribution is 2.34. The number of rotatable bonds is 16. The third kappa shape index (κ3) is 8.51. The number of ketones is 1. The summed E-state index contributed by atoms with van der Waals surface area (Å²) in [5.41, 5.74) is 0.0850. The van der Waals surface area contributed by atoms with E-state index in [0.717, 1.165) is 37.9 Å². The van der Waals surface area contributed by atoms with Gasteiger partial charge in [0.25, 0.3) is 5.91 Å². The van der Waals surface area contributed by atoms with Crippen molar-refractivity contribution >= 4 is 23.5 Å². The van der Waals surface area contributed by atoms with Gasteiger partial charge >= 0.3 is 0 Å². The van der Waals surface area contributed by atoms with Gasteiger partial charge in [0.1, 0.15) is 17.7 Å². The Balaban J connectivity index is 1.28. The lowest BCUT2D eigenvalue weighted by atomic mass is 9.93. The van der Waals surface area contributed by atoms with E-state index in [1.807, 2.05) is 44.2 Å². The van der Waals surface area contributed by atoms with Gasteiger partial charge in [-0.15, -0.1) is 0 Å². The second-order valence-electron chi connectivity index (χ2n) is 12.8. The molecule has 2 aliphatic heterocycles. The first-order chi connectivity index (χ1) is 20.6. The molecule has 2 aromatic rings. The zero-order valence-electron chi connectivity index (χ0n) is 25.3. The van der Waals surface area contributed by atoms with Crippen molar-refractivity contribution in [3.63, 3.8) is 0 Å². The molecule has 1 unspecified atom stereocenters. The van der Waals surface area contributed by atoms with E-state index < -0.39 is 41.4 Å². The van der Waals surface area contributed by atoms with Crippen molar-refractivity contribution in [1.29, 1.82) is 0 Å². The van der Waals surface area contributed by atoms with Crippen LogP contribution in [0.5, 0.6) is 0 Å². The van der Waals surface area contributed by atoms with Crippen molar-refractivity contribution in [2.24, 2.45) is 11.8 Å². The Labute approximate surface area is 252 Å². The monoisotopic (exact) mass is 593 g/mol. The van der Waals surface area contributed by atoms with Gasteiger partial charge in [-0.3, -0.25) is 24.1 Å². The smallest absolute Gasteiger partial charge is 0.274 e. The molecule has 11 heteroatoms. The summed E-state index contributed by atoms with van der Waals surface area (Å²) in [7, 11) is 0. The Morgan fingerprint density at radius 1 is 1.00 bits per heavy atom. The molecule has 3 amide bonds. The molecule has 3 aliphatic rings. The molecule has 0 radical (unpaired) electrons. The van der Waals surface area contributed by atoms with E-state index >= 15 is 0 Å². The molecule has 0 spiro atoms. The van der Waals surface area contributed by atoms with Crippen LogP contribution in [0.4, 0.5) is 0 Å². The lowest BCUT2D eigenvalue weighted by Crippen LogP contribution is -2.57. The minimum atomic E-state index is -0.959. The van der Waals surface area contributed by atoms with Crippen LogP contribution in [0.3, 0.4) is 0 Å². The maximum absolute atomic E-state index is 13.7. The number of hydrogen-bond acceptors (Lipinski definition) is 8. The largest absolute Gasteiger partial charge is 0.361 e. The summed E-state index contributed by atoms with van der Waals surface area (Å²) in [5.74, 6) is -0.496. The van der Waals surface area contributed by atoms with Gasteiger partial charge in [0, 0.05) is 12.5 Å². The van der Waals surface area contributed by atoms with Crippen molar-refractivity contribution in [3.8, 4) is 0 Å². The minimum Gasteiger partial charge on any atom is -0.361 e. The third-order valence-corrected chi connectivity index (χ3v) is 8.36. The number of carbonyl (C=O) groups is 4. The average molecular weight is 594 g/mol. The molecule has 11 nitrogen and oxygen atoms in total. The standard InChI is InChI=1S/C32H43N5O6/c1-20(2)14-24(28(38)32(3)19-42-32)33-29(39)25(15-21-8-5-4-6-9-21)34-30(40)26(16-22-10-11-22)35-31(41)27-17-23(43-36-27)18-37-12-7-13-37/h4-6,8-9,17,20,22,24-26H,7,10-16,18-19H2,1-3H3,(H,33,39)(H,34,40)(H,35,41)/t24-,25-,26-,32?/m0/s1. The highest BCUT2D eigenvalue weighted by atomic mass is 16.6. The van der Waals surface area contributed by atoms with Crippen molar-refractivity contribution in [2.75, 3.05) is 19.7 Å². The number of hydrogen-bond donors (Lipinski definition) is 3. The topological polar surface area (TPSA) is 146 Å². The molecule has 5 rings (SSSR count). The summed E-state index contributed by atoms with van der Waals surface area (Å²) >= 11 is 0. The Hall–Kier alpha value is -3.57. The van der Waals surface area contributed by atoms with Crippen LogP contribution in [0, 0.1) is 11.8 Å². The number of carbonyl (C=O) groups excluding carboxylic acids is 4. The lowest BCUT2D eigenvalue weighted by molar-refractivity contribution is -0.133. The molecule has 3 heterocycles. The van der Waals surface area contributed by atoms with Crippen LogP contribution in [0.15, 0.2) is 40.9 Å². The van der Waals surface area contributed by atoms with E-state index in [4.69, 9.17) is 9.26 Å². The number of aromatic nitrogens is 1. The van der Waals surface area contributed by atoms with Gasteiger partial charge < -0.3 is 25.2 Å². The average Bonchev–Trinajstić information content (AvgIpc) is 3.87. The lowest BCUT2D eigenvalue weighted by Gasteiger charge is -2.29. The second kappa shape index (κ2) is 13.4. The first kappa shape index (κ1) is 30.9. The van der Waals surface area contributed by atoms with Crippen molar-refractivity contribution in [1.82, 2.24) is 26.0 Å². The summed E-state index contributed by atoms with van der Waals surface area (Å²) in [4.78, 5) is 55.9. The maximum Gasteiger partial charge on any atom is 0.274 e. The van der Waals surface area contributed by atoms with Crippen molar-refractivity contribution in [2.45, 2.75) is 89.6 Å². The van der Waals surface area contributed by atoms with Crippen LogP contribution in [0.1, 0.15) is 74.7 Å². The first-order valence-corrected chi connectivity index (χ1v) is 15.4. The van der Waals surface area contributed by atoms with Gasteiger partial charge in [-0.1, -0.05) is 62.2 Å². The van der Waals surface area contributed by atoms with Gasteiger partial charge in [-0.2, -0.15) is 0 Å². The number of nitrogens with one attached hydrogen (secondary N) is 3. The molecule has 4 atom stereocenters. The van der Waals surface area contributed by atoms with Crippen LogP contribution in [0.25, 0.3) is 0 Å². The fraction of sp³-hybridized carbons (Fsp3) is 0.594. The summed E-state index contributed by atoms with van der Waals surface area (Å²) in [6.45, 7) is 8.60. The minimum absolute atomic E-state index is 0.119. The number of epoxide rings is 1. The summed E-state index contributed by atoms with van der Waals surface area (Å²) in [6.07, 6.45) is 4.25. The number of amides is 3. The van der Waals surface area contributed by atoms with Crippen molar-refractivity contribution < 1.29 is 28.4 Å². The zero-order chi connectivity index (χ0) is 30.6. The van der Waals surface area contributed by atoms with Crippen LogP contribution < -0.4 is 16.0 Å². The second-order valence-corrected chi connectivity index (χ2v) is 12.8. The molecule has 3 fully saturated rings. The molecular formula is C32H43N5O6. The van der Waals surface area contributed by atoms with Gasteiger partial charge in [0.2, 0.25) is 11.8 Å². The molecular weight excluding hydrogens is 550 g/mol. The molecule has 1 aromatic heterocycles. The molecule has 43 heavy (non-hydrogen) atoms. The predicted molar refractivity (Wildman–Crippen MR) is 158 cm³/mol. The van der Waals surface area contributed by atoms with E-state index in [9.17, 15) is 19.2 Å². The van der Waals surface area contributed by atoms with E-state index in [0.29, 0.717) is 37.7 Å². The molecule has 0 bridgehead atoms. The fourth-order valence-electron chi connectivity index (χ4n) is 5.33. The van der Waals surface area contributed by atoms with E-state index in [1.54, 1.807) is 13.0 Å². The molecule has 1 aromatic carbocycles. The summed E-state index contributed by atoms with van der Waals surface area (Å²) in [6, 6.07) is 8.44. The number of nitrogens with zero attached hydrogens (tertiary/aromatic N) is 2. The fourth-order valence-corrected chi connectivity index (χ4v) is 5.33. The Morgan fingerprint density at radius 2 is 1.67 bits per heavy atom. The SMILES string of the molecule is CC(C)C[C@H](NC(=O)[C@H](Cc1ccccc1)NC(=O)[C@H](CC1CC1)NC(=O)c1cc(CN2CCC2)on1)C(=O)C1(C)CO1. The maximum atomic E-state index is 13.7. The van der Waals surface area contributed by atoms with Crippen LogP contribution in [-0.2, 0) is 32.1 Å². The van der Waals surface area contributed by atoms with Crippen LogP contribution in [0.2, 0.25) is 0 Å². The van der Waals surface area contributed by atoms with Gasteiger partial charge in [0.15, 0.2) is 17.2 Å². The third-order valence-electron chi connectivity index (χ3n) is 8.36. The normalized spacial score (nSPS) is 21.8. The molecule has 1 aliphatic carbocycles. The van der Waals surface area contributed by atoms with Crippen LogP contribution >= 0.6 is 0 Å². The number of ether oxygens (including phenoxy) is 1. The number of Topliss-reactive ketones (excluding diaryl/α,β-unsaturated/α-hetero) is 1. The highest BCUT2D eigenvalue weighted by Gasteiger charge is 2.50. The Kier molecular flexibility index (Phi) is 9.61. The van der Waals surface area contributed by atoms with Gasteiger partial charge in [-0.25, -0.2) is 0 Å². The van der Waals surface area contributed by atoms with Crippen molar-refractivity contribution in [3.05, 3.63) is 53.4 Å². The Bertz CT molecular complexity index is 1300. The molecule has 2 saturated heterocycles. The van der Waals surface area contributed by atoms with Gasteiger partial charge in [0.05, 0.1) is 19.2 Å². The Morgan fingerprint density at radius 3 is 2.28 bits per heavy atom. The first-order valence-electron chi connectivity index (χ1n) is 15.4. The number of benzene rings is 1. The van der Waals surface area contributed by atoms with Gasteiger partial charge in [-0.05, 0) is 56.7 Å². The predicted octanol–water partition coefficient (Wildman–Crippen LogP) is 2.40. The summed E-state index contributed by atoms with van der Waals surface area (Å²) in [5, 5.41) is 12.6. The number of likely N-dealkylation sites (tertiary alicyclic amines) is 1. The molecule has 1 saturated carbocycles. The van der Waals surface area contributed by atoms with Crippen LogP contribution in [-0.4, -0.2) is 77.0 Å². The summed E-state index contributed by atoms with van der Waals surface area (Å²) < 4.78 is 10.7. The zero-order valence-corrected chi connectivity index (χ0v) is 25.3. The molecule has 232 valence electrons. The van der Waals surface area contributed by atoms with E-state index in [-0.39, 0.29) is 23.8 Å². The quantitative estimate of drug-likeness (QED) is 0.252. The van der Waals surface area contributed by atoms with E-state index in [2.05, 4.69) is 26.0 Å². The highest BCUT2D eigenvalue weighted by molar-refractivity contribution is 5.99.